The second-order valence-electron chi connectivity index (χ2n) is 7.72. The number of ketones is 1. The predicted octanol–water partition coefficient (Wildman–Crippen LogP) is -0.560. The summed E-state index contributed by atoms with van der Waals surface area (Å²) < 4.78 is 0. The van der Waals surface area contributed by atoms with E-state index >= 15 is 0 Å². The zero-order chi connectivity index (χ0) is 15.5. The Labute approximate surface area is 132 Å². The maximum absolute atomic E-state index is 13.1. The number of hydrogen-bond acceptors (Lipinski definition) is 2. The van der Waals surface area contributed by atoms with E-state index in [0.717, 1.165) is 44.7 Å². The minimum atomic E-state index is -0.0754. The predicted molar refractivity (Wildman–Crippen MR) is 85.4 cm³/mol. The highest BCUT2D eigenvalue weighted by molar-refractivity contribution is 5.92. The average molecular weight is 301 g/mol. The molecule has 0 amide bonds. The van der Waals surface area contributed by atoms with Crippen molar-refractivity contribution >= 4 is 11.5 Å². The van der Waals surface area contributed by atoms with Crippen molar-refractivity contribution in [2.75, 3.05) is 31.9 Å². The number of Topliss-reactive ketones (excluding diaryl/α,β-unsaturated/α-hetero) is 1. The van der Waals surface area contributed by atoms with Crippen molar-refractivity contribution in [1.82, 2.24) is 0 Å². The van der Waals surface area contributed by atoms with Crippen LogP contribution in [-0.4, -0.2) is 32.0 Å². The van der Waals surface area contributed by atoms with Crippen molar-refractivity contribution < 1.29 is 14.6 Å². The van der Waals surface area contributed by atoms with Crippen LogP contribution in [0.4, 0.5) is 5.69 Å². The molecule has 4 heteroatoms. The number of quaternary nitrogens is 2. The second kappa shape index (κ2) is 4.56. The molecule has 0 radical (unpaired) electrons. The van der Waals surface area contributed by atoms with Gasteiger partial charge in [-0.3, -0.25) is 14.6 Å². The summed E-state index contributed by atoms with van der Waals surface area (Å²) in [6.07, 6.45) is 2.44. The van der Waals surface area contributed by atoms with Crippen LogP contribution in [0.2, 0.25) is 0 Å². The van der Waals surface area contributed by atoms with Gasteiger partial charge in [0.05, 0.1) is 5.56 Å². The van der Waals surface area contributed by atoms with Gasteiger partial charge < -0.3 is 5.73 Å². The number of anilines is 1. The highest BCUT2D eigenvalue weighted by Crippen LogP contribution is 2.40. The Balaban J connectivity index is 1.76. The van der Waals surface area contributed by atoms with E-state index in [4.69, 9.17) is 5.73 Å². The zero-order valence-electron chi connectivity index (χ0n) is 13.6. The molecule has 1 aromatic carbocycles. The Morgan fingerprint density at radius 3 is 2.09 bits per heavy atom. The number of nitrogen functional groups attached to an aromatic ring is 1. The van der Waals surface area contributed by atoms with Crippen LogP contribution in [0.15, 0.2) is 24.3 Å². The lowest BCUT2D eigenvalue weighted by atomic mass is 9.58. The normalized spacial score (nSPS) is 42.8. The van der Waals surface area contributed by atoms with E-state index in [-0.39, 0.29) is 10.8 Å². The van der Waals surface area contributed by atoms with Gasteiger partial charge in [0.15, 0.2) is 5.78 Å². The first-order valence-corrected chi connectivity index (χ1v) is 8.63. The van der Waals surface area contributed by atoms with Crippen molar-refractivity contribution in [3.8, 4) is 0 Å². The summed E-state index contributed by atoms with van der Waals surface area (Å²) in [7, 11) is 0. The number of hydrogen-bond donors (Lipinski definition) is 3. The van der Waals surface area contributed by atoms with Crippen LogP contribution in [0, 0.1) is 10.8 Å². The van der Waals surface area contributed by atoms with E-state index in [0.29, 0.717) is 11.9 Å². The molecule has 5 rings (SSSR count). The van der Waals surface area contributed by atoms with Crippen LogP contribution < -0.4 is 15.5 Å². The summed E-state index contributed by atoms with van der Waals surface area (Å²) in [5.74, 6) is 0.573. The van der Waals surface area contributed by atoms with Crippen LogP contribution in [0.25, 0.3) is 0 Å². The van der Waals surface area contributed by atoms with Gasteiger partial charge in [-0.2, -0.15) is 0 Å². The average Bonchev–Trinajstić information content (AvgIpc) is 2.51. The first kappa shape index (κ1) is 14.2. The molecule has 0 unspecified atom stereocenters. The first-order chi connectivity index (χ1) is 10.5. The van der Waals surface area contributed by atoms with Crippen molar-refractivity contribution in [3.63, 3.8) is 0 Å². The molecule has 0 atom stereocenters. The first-order valence-electron chi connectivity index (χ1n) is 8.63. The molecule has 4 fully saturated rings. The van der Waals surface area contributed by atoms with E-state index in [1.54, 1.807) is 9.80 Å². The largest absolute Gasteiger partial charge is 0.399 e. The summed E-state index contributed by atoms with van der Waals surface area (Å²) in [4.78, 5) is 16.3. The van der Waals surface area contributed by atoms with Crippen molar-refractivity contribution in [1.29, 1.82) is 0 Å². The van der Waals surface area contributed by atoms with E-state index in [1.807, 2.05) is 6.07 Å². The van der Waals surface area contributed by atoms with E-state index in [1.165, 1.54) is 5.56 Å². The molecule has 4 saturated heterocycles. The third kappa shape index (κ3) is 1.68. The Bertz CT molecular complexity index is 585. The SMILES string of the molecule is CCC12C[NH+]3CC(CC)(C[NH+](C1)C3c1cccc(N)c1)C2=O. The van der Waals surface area contributed by atoms with Crippen LogP contribution in [0.3, 0.4) is 0 Å². The topological polar surface area (TPSA) is 52.0 Å². The van der Waals surface area contributed by atoms with Gasteiger partial charge in [0.25, 0.3) is 0 Å². The van der Waals surface area contributed by atoms with Crippen LogP contribution >= 0.6 is 0 Å². The third-order valence-corrected chi connectivity index (χ3v) is 6.64. The summed E-state index contributed by atoms with van der Waals surface area (Å²) in [5, 5.41) is 0. The lowest BCUT2D eigenvalue weighted by Crippen LogP contribution is -3.41. The molecule has 4 N–H and O–H groups in total. The summed E-state index contributed by atoms with van der Waals surface area (Å²) >= 11 is 0. The van der Waals surface area contributed by atoms with Gasteiger partial charge in [-0.25, -0.2) is 0 Å². The number of carbonyl (C=O) groups excluding carboxylic acids is 1. The molecule has 22 heavy (non-hydrogen) atoms. The van der Waals surface area contributed by atoms with Gasteiger partial charge in [-0.05, 0) is 31.0 Å². The van der Waals surface area contributed by atoms with Gasteiger partial charge in [0.2, 0.25) is 6.17 Å². The van der Waals surface area contributed by atoms with Gasteiger partial charge in [0.1, 0.15) is 37.0 Å². The van der Waals surface area contributed by atoms with Gasteiger partial charge >= 0.3 is 0 Å². The maximum Gasteiger partial charge on any atom is 0.240 e. The molecule has 0 aromatic heterocycles. The minimum Gasteiger partial charge on any atom is -0.399 e. The smallest absolute Gasteiger partial charge is 0.240 e. The van der Waals surface area contributed by atoms with Gasteiger partial charge in [0, 0.05) is 5.69 Å². The molecule has 4 aliphatic heterocycles. The molecule has 4 heterocycles. The minimum absolute atomic E-state index is 0.0754. The summed E-state index contributed by atoms with van der Waals surface area (Å²) in [6.45, 7) is 8.43. The third-order valence-electron chi connectivity index (χ3n) is 6.64. The molecule has 118 valence electrons. The number of rotatable bonds is 3. The fraction of sp³-hybridized carbons (Fsp3) is 0.611. The number of carbonyl (C=O) groups is 1. The zero-order valence-corrected chi connectivity index (χ0v) is 13.6. The number of nitrogens with two attached hydrogens (primary N) is 1. The van der Waals surface area contributed by atoms with E-state index in [9.17, 15) is 4.79 Å². The Morgan fingerprint density at radius 1 is 1.09 bits per heavy atom. The number of benzene rings is 1. The maximum atomic E-state index is 13.1. The Morgan fingerprint density at radius 2 is 1.64 bits per heavy atom. The molecule has 0 aliphatic carbocycles. The molecule has 1 aromatic rings. The van der Waals surface area contributed by atoms with Crippen LogP contribution in [0.5, 0.6) is 0 Å². The van der Waals surface area contributed by atoms with E-state index < -0.39 is 0 Å². The van der Waals surface area contributed by atoms with Crippen molar-refractivity contribution in [2.24, 2.45) is 10.8 Å². The molecular weight excluding hydrogens is 274 g/mol. The molecule has 4 aliphatic rings. The number of piperidine rings is 2. The number of nitrogens with one attached hydrogen (secondary N) is 2. The standard InChI is InChI=1S/C18H25N3O/c1-3-17-9-20-11-18(4-2,16(17)22)12-21(10-17)15(20)13-6-5-7-14(19)8-13/h5-8,15H,3-4,9-12,19H2,1-2H3/p+2. The van der Waals surface area contributed by atoms with Crippen molar-refractivity contribution in [3.05, 3.63) is 29.8 Å². The van der Waals surface area contributed by atoms with Gasteiger partial charge in [-0.1, -0.05) is 19.9 Å². The quantitative estimate of drug-likeness (QED) is 0.656. The molecule has 4 bridgehead atoms. The van der Waals surface area contributed by atoms with E-state index in [2.05, 4.69) is 32.0 Å². The Kier molecular flexibility index (Phi) is 2.94. The summed E-state index contributed by atoms with van der Waals surface area (Å²) in [6, 6.07) is 8.36. The highest BCUT2D eigenvalue weighted by atomic mass is 16.1. The van der Waals surface area contributed by atoms with Crippen LogP contribution in [0.1, 0.15) is 38.4 Å². The monoisotopic (exact) mass is 301 g/mol. The molecule has 4 nitrogen and oxygen atoms in total. The lowest BCUT2D eigenvalue weighted by Gasteiger charge is -2.60. The molecule has 0 spiro atoms. The fourth-order valence-corrected chi connectivity index (χ4v) is 5.60. The second-order valence-corrected chi connectivity index (χ2v) is 7.72. The Hall–Kier alpha value is -1.39. The lowest BCUT2D eigenvalue weighted by molar-refractivity contribution is -1.18. The molecular formula is C18H27N3O+2. The van der Waals surface area contributed by atoms with Crippen LogP contribution in [-0.2, 0) is 4.79 Å². The highest BCUT2D eigenvalue weighted by Gasteiger charge is 2.70. The molecule has 0 saturated carbocycles. The van der Waals surface area contributed by atoms with Gasteiger partial charge in [-0.15, -0.1) is 0 Å². The fourth-order valence-electron chi connectivity index (χ4n) is 5.60. The van der Waals surface area contributed by atoms with Crippen molar-refractivity contribution in [2.45, 2.75) is 32.9 Å². The summed E-state index contributed by atoms with van der Waals surface area (Å²) in [5.41, 5.74) is 8.04.